The molecule has 0 saturated carbocycles. The highest BCUT2D eigenvalue weighted by molar-refractivity contribution is 7.89. The normalized spacial score (nSPS) is 17.6. The minimum atomic E-state index is -3.66. The quantitative estimate of drug-likeness (QED) is 0.586. The maximum absolute atomic E-state index is 13.1. The molecule has 3 heterocycles. The molecule has 1 fully saturated rings. The van der Waals surface area contributed by atoms with Crippen molar-refractivity contribution in [1.29, 1.82) is 0 Å². The van der Waals surface area contributed by atoms with Crippen molar-refractivity contribution in [2.24, 2.45) is 0 Å². The number of oxazole rings is 1. The van der Waals surface area contributed by atoms with Gasteiger partial charge in [0.05, 0.1) is 10.4 Å². The second-order valence-corrected chi connectivity index (χ2v) is 10.7. The molecule has 0 atom stereocenters. The van der Waals surface area contributed by atoms with Crippen molar-refractivity contribution in [2.45, 2.75) is 50.1 Å². The highest BCUT2D eigenvalue weighted by atomic mass is 32.2. The molecule has 0 unspecified atom stereocenters. The SMILES string of the molecule is O=C(Cn1c(=O)oc2cc(S(=O)(=O)N3CCCCCC3)ccc21)N1CCc2ccccc2C1. The van der Waals surface area contributed by atoms with Crippen molar-refractivity contribution in [1.82, 2.24) is 13.8 Å². The summed E-state index contributed by atoms with van der Waals surface area (Å²) in [5, 5.41) is 0. The lowest BCUT2D eigenvalue weighted by Crippen LogP contribution is -2.39. The molecule has 2 aliphatic rings. The lowest BCUT2D eigenvalue weighted by molar-refractivity contribution is -0.132. The van der Waals surface area contributed by atoms with Crippen LogP contribution in [0.3, 0.4) is 0 Å². The molecule has 1 amide bonds. The lowest BCUT2D eigenvalue weighted by atomic mass is 10.00. The number of hydrogen-bond donors (Lipinski definition) is 0. The molecule has 0 spiro atoms. The maximum atomic E-state index is 13.1. The highest BCUT2D eigenvalue weighted by Gasteiger charge is 2.27. The third-order valence-corrected chi connectivity index (χ3v) is 8.51. The van der Waals surface area contributed by atoms with Crippen molar-refractivity contribution < 1.29 is 17.6 Å². The van der Waals surface area contributed by atoms with Crippen LogP contribution in [0, 0.1) is 0 Å². The summed E-state index contributed by atoms with van der Waals surface area (Å²) in [7, 11) is -3.66. The van der Waals surface area contributed by atoms with Crippen LogP contribution in [0.25, 0.3) is 11.1 Å². The molecule has 0 radical (unpaired) electrons. The van der Waals surface area contributed by atoms with Crippen molar-refractivity contribution >= 4 is 27.0 Å². The molecule has 8 nitrogen and oxygen atoms in total. The third kappa shape index (κ3) is 4.22. The highest BCUT2D eigenvalue weighted by Crippen LogP contribution is 2.24. The zero-order valence-electron chi connectivity index (χ0n) is 18.4. The van der Waals surface area contributed by atoms with Gasteiger partial charge in [-0.3, -0.25) is 9.36 Å². The molecule has 2 aromatic carbocycles. The molecule has 0 aliphatic carbocycles. The Hall–Kier alpha value is -2.91. The summed E-state index contributed by atoms with van der Waals surface area (Å²) >= 11 is 0. The first-order valence-corrected chi connectivity index (χ1v) is 12.9. The van der Waals surface area contributed by atoms with Crippen LogP contribution in [0.1, 0.15) is 36.8 Å². The summed E-state index contributed by atoms with van der Waals surface area (Å²) in [4.78, 5) is 27.3. The molecule has 1 aromatic heterocycles. The molecular formula is C24H27N3O5S. The number of fused-ring (bicyclic) bond motifs is 2. The molecule has 3 aromatic rings. The van der Waals surface area contributed by atoms with E-state index in [1.54, 1.807) is 11.0 Å². The van der Waals surface area contributed by atoms with Crippen LogP contribution in [0.2, 0.25) is 0 Å². The molecule has 33 heavy (non-hydrogen) atoms. The average molecular weight is 470 g/mol. The van der Waals surface area contributed by atoms with E-state index in [1.807, 2.05) is 18.2 Å². The van der Waals surface area contributed by atoms with Gasteiger partial charge in [-0.05, 0) is 42.5 Å². The second-order valence-electron chi connectivity index (χ2n) is 8.74. The van der Waals surface area contributed by atoms with Gasteiger partial charge in [0.2, 0.25) is 15.9 Å². The summed E-state index contributed by atoms with van der Waals surface area (Å²) in [6, 6.07) is 12.5. The topological polar surface area (TPSA) is 92.8 Å². The molecular weight excluding hydrogens is 442 g/mol. The molecule has 1 saturated heterocycles. The van der Waals surface area contributed by atoms with E-state index < -0.39 is 15.8 Å². The number of amides is 1. The van der Waals surface area contributed by atoms with Gasteiger partial charge in [-0.15, -0.1) is 0 Å². The van der Waals surface area contributed by atoms with Gasteiger partial charge in [-0.2, -0.15) is 4.31 Å². The summed E-state index contributed by atoms with van der Waals surface area (Å²) in [6.45, 7) is 1.96. The molecule has 5 rings (SSSR count). The Morgan fingerprint density at radius 1 is 0.939 bits per heavy atom. The van der Waals surface area contributed by atoms with E-state index in [4.69, 9.17) is 4.42 Å². The smallest absolute Gasteiger partial charge is 0.408 e. The largest absolute Gasteiger partial charge is 0.420 e. The van der Waals surface area contributed by atoms with E-state index in [0.717, 1.165) is 37.7 Å². The number of carbonyl (C=O) groups is 1. The van der Waals surface area contributed by atoms with Gasteiger partial charge in [-0.1, -0.05) is 37.1 Å². The number of aromatic nitrogens is 1. The van der Waals surface area contributed by atoms with Gasteiger partial charge >= 0.3 is 5.76 Å². The Morgan fingerprint density at radius 3 is 2.42 bits per heavy atom. The van der Waals surface area contributed by atoms with Crippen LogP contribution in [-0.4, -0.2) is 47.7 Å². The Morgan fingerprint density at radius 2 is 1.67 bits per heavy atom. The van der Waals surface area contributed by atoms with Crippen LogP contribution in [0.4, 0.5) is 0 Å². The van der Waals surface area contributed by atoms with E-state index in [9.17, 15) is 18.0 Å². The van der Waals surface area contributed by atoms with Crippen LogP contribution in [0.5, 0.6) is 0 Å². The van der Waals surface area contributed by atoms with E-state index in [-0.39, 0.29) is 22.9 Å². The van der Waals surface area contributed by atoms with Gasteiger partial charge in [0, 0.05) is 32.2 Å². The number of rotatable bonds is 4. The summed E-state index contributed by atoms with van der Waals surface area (Å²) in [6.07, 6.45) is 4.52. The third-order valence-electron chi connectivity index (χ3n) is 6.62. The monoisotopic (exact) mass is 469 g/mol. The fourth-order valence-electron chi connectivity index (χ4n) is 4.73. The minimum absolute atomic E-state index is 0.108. The van der Waals surface area contributed by atoms with Crippen molar-refractivity contribution in [3.63, 3.8) is 0 Å². The summed E-state index contributed by atoms with van der Waals surface area (Å²) in [5.41, 5.74) is 2.95. The first-order valence-electron chi connectivity index (χ1n) is 11.4. The first-order chi connectivity index (χ1) is 15.9. The van der Waals surface area contributed by atoms with Gasteiger partial charge in [-0.25, -0.2) is 13.2 Å². The zero-order valence-corrected chi connectivity index (χ0v) is 19.2. The van der Waals surface area contributed by atoms with Crippen molar-refractivity contribution in [3.05, 3.63) is 64.1 Å². The molecule has 0 bridgehead atoms. The predicted molar refractivity (Wildman–Crippen MR) is 123 cm³/mol. The molecule has 0 N–H and O–H groups in total. The number of benzene rings is 2. The summed E-state index contributed by atoms with van der Waals surface area (Å²) < 4.78 is 34.3. The molecule has 174 valence electrons. The van der Waals surface area contributed by atoms with E-state index >= 15 is 0 Å². The van der Waals surface area contributed by atoms with Crippen LogP contribution < -0.4 is 5.76 Å². The fraction of sp³-hybridized carbons (Fsp3) is 0.417. The Kier molecular flexibility index (Phi) is 5.84. The van der Waals surface area contributed by atoms with E-state index in [1.165, 1.54) is 26.6 Å². The summed E-state index contributed by atoms with van der Waals surface area (Å²) in [5.74, 6) is -0.837. The Labute approximate surface area is 192 Å². The molecule has 9 heteroatoms. The standard InChI is InChI=1S/C24H27N3O5S/c28-23(25-14-11-18-7-3-4-8-19(18)16-25)17-27-21-10-9-20(15-22(21)32-24(27)29)33(30,31)26-12-5-1-2-6-13-26/h3-4,7-10,15H,1-2,5-6,11-14,16-17H2. The molecule has 2 aliphatic heterocycles. The number of nitrogens with zero attached hydrogens (tertiary/aromatic N) is 3. The predicted octanol–water partition coefficient (Wildman–Crippen LogP) is 2.74. The van der Waals surface area contributed by atoms with Crippen LogP contribution >= 0.6 is 0 Å². The van der Waals surface area contributed by atoms with E-state index in [2.05, 4.69) is 6.07 Å². The lowest BCUT2D eigenvalue weighted by Gasteiger charge is -2.28. The maximum Gasteiger partial charge on any atom is 0.420 e. The second kappa shape index (κ2) is 8.79. The van der Waals surface area contributed by atoms with E-state index in [0.29, 0.717) is 31.7 Å². The number of sulfonamides is 1. The Balaban J connectivity index is 1.38. The first kappa shape index (κ1) is 21.9. The number of carbonyl (C=O) groups excluding carboxylic acids is 1. The van der Waals surface area contributed by atoms with Gasteiger partial charge in [0.25, 0.3) is 0 Å². The van der Waals surface area contributed by atoms with Crippen LogP contribution in [0.15, 0.2) is 56.6 Å². The van der Waals surface area contributed by atoms with Gasteiger partial charge < -0.3 is 9.32 Å². The zero-order chi connectivity index (χ0) is 23.0. The van der Waals surface area contributed by atoms with Crippen molar-refractivity contribution in [3.8, 4) is 0 Å². The average Bonchev–Trinajstić information content (AvgIpc) is 2.99. The Bertz CT molecular complexity index is 1350. The van der Waals surface area contributed by atoms with Gasteiger partial charge in [0.1, 0.15) is 6.54 Å². The fourth-order valence-corrected chi connectivity index (χ4v) is 6.26. The minimum Gasteiger partial charge on any atom is -0.408 e. The number of hydrogen-bond acceptors (Lipinski definition) is 5. The van der Waals surface area contributed by atoms with Crippen LogP contribution in [-0.2, 0) is 34.3 Å². The van der Waals surface area contributed by atoms with Gasteiger partial charge in [0.15, 0.2) is 5.58 Å². The van der Waals surface area contributed by atoms with Crippen molar-refractivity contribution in [2.75, 3.05) is 19.6 Å².